The SMILES string of the molecule is CN=C(NCCc1cccc(C(=O)NC)c1)NCc1ccc2c(c1)OCO2.I. The maximum atomic E-state index is 11.7. The van der Waals surface area contributed by atoms with Gasteiger partial charge in [0.25, 0.3) is 5.91 Å². The van der Waals surface area contributed by atoms with Crippen LogP contribution in [0, 0.1) is 0 Å². The molecule has 150 valence electrons. The summed E-state index contributed by atoms with van der Waals surface area (Å²) in [6.07, 6.45) is 0.787. The van der Waals surface area contributed by atoms with E-state index in [2.05, 4.69) is 20.9 Å². The molecule has 0 saturated heterocycles. The van der Waals surface area contributed by atoms with Gasteiger partial charge in [-0.1, -0.05) is 18.2 Å². The lowest BCUT2D eigenvalue weighted by Gasteiger charge is -2.12. The topological polar surface area (TPSA) is 84.0 Å². The summed E-state index contributed by atoms with van der Waals surface area (Å²) in [5, 5.41) is 9.21. The molecule has 0 spiro atoms. The monoisotopic (exact) mass is 496 g/mol. The zero-order valence-corrected chi connectivity index (χ0v) is 18.3. The highest BCUT2D eigenvalue weighted by molar-refractivity contribution is 14.0. The molecule has 1 aliphatic rings. The number of nitrogens with zero attached hydrogens (tertiary/aromatic N) is 1. The number of ether oxygens (including phenoxy) is 2. The van der Waals surface area contributed by atoms with Crippen molar-refractivity contribution < 1.29 is 14.3 Å². The molecule has 2 aromatic carbocycles. The van der Waals surface area contributed by atoms with Crippen molar-refractivity contribution in [1.82, 2.24) is 16.0 Å². The van der Waals surface area contributed by atoms with Gasteiger partial charge in [-0.3, -0.25) is 9.79 Å². The molecule has 7 nitrogen and oxygen atoms in total. The average Bonchev–Trinajstić information content (AvgIpc) is 3.18. The number of amides is 1. The van der Waals surface area contributed by atoms with E-state index >= 15 is 0 Å². The molecule has 3 N–H and O–H groups in total. The summed E-state index contributed by atoms with van der Waals surface area (Å²) in [5.41, 5.74) is 2.84. The Morgan fingerprint density at radius 3 is 2.68 bits per heavy atom. The van der Waals surface area contributed by atoms with E-state index in [1.54, 1.807) is 14.1 Å². The fourth-order valence-electron chi connectivity index (χ4n) is 2.79. The van der Waals surface area contributed by atoms with Crippen molar-refractivity contribution in [2.75, 3.05) is 27.4 Å². The van der Waals surface area contributed by atoms with Gasteiger partial charge in [-0.2, -0.15) is 0 Å². The van der Waals surface area contributed by atoms with Crippen molar-refractivity contribution in [3.63, 3.8) is 0 Å². The van der Waals surface area contributed by atoms with Gasteiger partial charge in [-0.05, 0) is 41.8 Å². The predicted octanol–water partition coefficient (Wildman–Crippen LogP) is 2.30. The van der Waals surface area contributed by atoms with Crippen LogP contribution in [0.25, 0.3) is 0 Å². The number of nitrogens with one attached hydrogen (secondary N) is 3. The number of rotatable bonds is 6. The van der Waals surface area contributed by atoms with Crippen LogP contribution in [0.2, 0.25) is 0 Å². The first-order chi connectivity index (χ1) is 13.2. The largest absolute Gasteiger partial charge is 0.454 e. The lowest BCUT2D eigenvalue weighted by atomic mass is 10.1. The van der Waals surface area contributed by atoms with Crippen LogP contribution in [0.4, 0.5) is 0 Å². The molecule has 1 amide bonds. The second-order valence-corrected chi connectivity index (χ2v) is 6.07. The van der Waals surface area contributed by atoms with Crippen molar-refractivity contribution in [1.29, 1.82) is 0 Å². The summed E-state index contributed by atoms with van der Waals surface area (Å²) in [5.74, 6) is 2.19. The van der Waals surface area contributed by atoms with Crippen LogP contribution in [0.1, 0.15) is 21.5 Å². The summed E-state index contributed by atoms with van der Waals surface area (Å²) < 4.78 is 10.7. The number of guanidine groups is 1. The van der Waals surface area contributed by atoms with Crippen LogP contribution in [0.3, 0.4) is 0 Å². The molecule has 3 rings (SSSR count). The van der Waals surface area contributed by atoms with E-state index in [1.165, 1.54) is 0 Å². The zero-order valence-electron chi connectivity index (χ0n) is 16.0. The highest BCUT2D eigenvalue weighted by Crippen LogP contribution is 2.32. The van der Waals surface area contributed by atoms with E-state index in [4.69, 9.17) is 9.47 Å². The van der Waals surface area contributed by atoms with E-state index in [0.29, 0.717) is 18.7 Å². The first-order valence-corrected chi connectivity index (χ1v) is 8.83. The van der Waals surface area contributed by atoms with Gasteiger partial charge < -0.3 is 25.4 Å². The van der Waals surface area contributed by atoms with Gasteiger partial charge in [0, 0.05) is 32.7 Å². The van der Waals surface area contributed by atoms with E-state index < -0.39 is 0 Å². The third kappa shape index (κ3) is 5.75. The van der Waals surface area contributed by atoms with Crippen LogP contribution in [-0.2, 0) is 13.0 Å². The first-order valence-electron chi connectivity index (χ1n) is 8.83. The van der Waals surface area contributed by atoms with Gasteiger partial charge in [0.2, 0.25) is 6.79 Å². The lowest BCUT2D eigenvalue weighted by Crippen LogP contribution is -2.37. The number of hydrogen-bond donors (Lipinski definition) is 3. The van der Waals surface area contributed by atoms with Gasteiger partial charge in [-0.15, -0.1) is 24.0 Å². The number of hydrogen-bond acceptors (Lipinski definition) is 4. The van der Waals surface area contributed by atoms with Crippen molar-refractivity contribution in [2.45, 2.75) is 13.0 Å². The van der Waals surface area contributed by atoms with Crippen LogP contribution >= 0.6 is 24.0 Å². The first kappa shape index (κ1) is 21.8. The van der Waals surface area contributed by atoms with Gasteiger partial charge >= 0.3 is 0 Å². The van der Waals surface area contributed by atoms with Crippen molar-refractivity contribution in [3.05, 3.63) is 59.2 Å². The Morgan fingerprint density at radius 2 is 1.89 bits per heavy atom. The van der Waals surface area contributed by atoms with E-state index in [-0.39, 0.29) is 36.7 Å². The van der Waals surface area contributed by atoms with Crippen LogP contribution in [-0.4, -0.2) is 39.3 Å². The fourth-order valence-corrected chi connectivity index (χ4v) is 2.79. The molecule has 0 bridgehead atoms. The Hall–Kier alpha value is -2.49. The minimum Gasteiger partial charge on any atom is -0.454 e. The number of carbonyl (C=O) groups excluding carboxylic acids is 1. The molecule has 0 radical (unpaired) electrons. The second-order valence-electron chi connectivity index (χ2n) is 6.07. The number of fused-ring (bicyclic) bond motifs is 1. The van der Waals surface area contributed by atoms with Crippen molar-refractivity contribution in [2.24, 2.45) is 4.99 Å². The number of halogens is 1. The van der Waals surface area contributed by atoms with Gasteiger partial charge in [0.15, 0.2) is 17.5 Å². The minimum atomic E-state index is -0.0778. The maximum absolute atomic E-state index is 11.7. The molecule has 28 heavy (non-hydrogen) atoms. The van der Waals surface area contributed by atoms with Crippen LogP contribution < -0.4 is 25.4 Å². The average molecular weight is 496 g/mol. The van der Waals surface area contributed by atoms with Crippen LogP contribution in [0.15, 0.2) is 47.5 Å². The lowest BCUT2D eigenvalue weighted by molar-refractivity contribution is 0.0963. The smallest absolute Gasteiger partial charge is 0.251 e. The molecular weight excluding hydrogens is 471 g/mol. The minimum absolute atomic E-state index is 0. The number of aliphatic imine (C=N–C) groups is 1. The Balaban J connectivity index is 0.00000280. The Kier molecular flexibility index (Phi) is 8.37. The van der Waals surface area contributed by atoms with Crippen LogP contribution in [0.5, 0.6) is 11.5 Å². The summed E-state index contributed by atoms with van der Waals surface area (Å²) in [6, 6.07) is 13.5. The molecule has 0 aliphatic carbocycles. The van der Waals surface area contributed by atoms with Crippen molar-refractivity contribution >= 4 is 35.8 Å². The molecule has 0 saturated carbocycles. The molecule has 0 aromatic heterocycles. The quantitative estimate of drug-likeness (QED) is 0.325. The van der Waals surface area contributed by atoms with Gasteiger partial charge in [-0.25, -0.2) is 0 Å². The maximum Gasteiger partial charge on any atom is 0.251 e. The highest BCUT2D eigenvalue weighted by Gasteiger charge is 2.13. The summed E-state index contributed by atoms with van der Waals surface area (Å²) >= 11 is 0. The standard InChI is InChI=1S/C20H24N4O3.HI/c1-21-19(25)16-5-3-4-14(10-16)8-9-23-20(22-2)24-12-15-6-7-17-18(11-15)27-13-26-17;/h3-7,10-11H,8-9,12-13H2,1-2H3,(H,21,25)(H2,22,23,24);1H. The molecule has 0 atom stereocenters. The fraction of sp³-hybridized carbons (Fsp3) is 0.300. The zero-order chi connectivity index (χ0) is 19.1. The molecule has 1 aliphatic heterocycles. The van der Waals surface area contributed by atoms with Gasteiger partial charge in [0.1, 0.15) is 0 Å². The summed E-state index contributed by atoms with van der Waals surface area (Å²) in [4.78, 5) is 16.0. The predicted molar refractivity (Wildman–Crippen MR) is 120 cm³/mol. The van der Waals surface area contributed by atoms with Gasteiger partial charge in [0.05, 0.1) is 0 Å². The third-order valence-electron chi connectivity index (χ3n) is 4.24. The summed E-state index contributed by atoms with van der Waals surface area (Å²) in [7, 11) is 3.37. The van der Waals surface area contributed by atoms with E-state index in [9.17, 15) is 4.79 Å². The second kappa shape index (κ2) is 10.7. The van der Waals surface area contributed by atoms with E-state index in [0.717, 1.165) is 35.0 Å². The number of benzene rings is 2. The molecule has 2 aromatic rings. The van der Waals surface area contributed by atoms with E-state index in [1.807, 2.05) is 42.5 Å². The molecule has 8 heteroatoms. The van der Waals surface area contributed by atoms with Crippen molar-refractivity contribution in [3.8, 4) is 11.5 Å². The molecule has 0 fully saturated rings. The third-order valence-corrected chi connectivity index (χ3v) is 4.24. The normalized spacial score (nSPS) is 12.1. The number of carbonyl (C=O) groups is 1. The Morgan fingerprint density at radius 1 is 1.07 bits per heavy atom. The molecular formula is C20H25IN4O3. The summed E-state index contributed by atoms with van der Waals surface area (Å²) in [6.45, 7) is 1.61. The highest BCUT2D eigenvalue weighted by atomic mass is 127. The molecule has 1 heterocycles. The Labute approximate surface area is 181 Å². The molecule has 0 unspecified atom stereocenters. The Bertz CT molecular complexity index is 842.